The van der Waals surface area contributed by atoms with Crippen molar-refractivity contribution in [2.75, 3.05) is 25.2 Å². The SMILES string of the molecule is COc1ccc(N2CC=C[C@]34O[C@@H]5/C=C\CCC(=O)N[C@H](C)[C@@H](c6ccccc6)OC(=O)[C@@H]5[C@H]3C(=O)N([C@H](CO)c3ccccc3)[C@@H]4C2=O)cc1. The highest BCUT2D eigenvalue weighted by Gasteiger charge is 2.72. The average molecular weight is 692 g/mol. The van der Waals surface area contributed by atoms with Gasteiger partial charge < -0.3 is 34.4 Å². The van der Waals surface area contributed by atoms with E-state index in [1.54, 1.807) is 91.8 Å². The molecule has 2 fully saturated rings. The molecule has 1 spiro atoms. The molecule has 4 aliphatic heterocycles. The van der Waals surface area contributed by atoms with Crippen molar-refractivity contribution in [2.45, 2.75) is 55.7 Å². The van der Waals surface area contributed by atoms with Gasteiger partial charge in [-0.25, -0.2) is 0 Å². The van der Waals surface area contributed by atoms with Gasteiger partial charge in [-0.15, -0.1) is 0 Å². The number of carbonyl (C=O) groups is 4. The quantitative estimate of drug-likeness (QED) is 0.292. The Kier molecular flexibility index (Phi) is 9.50. The number of nitrogens with zero attached hydrogens (tertiary/aromatic N) is 2. The first-order chi connectivity index (χ1) is 24.8. The number of rotatable bonds is 6. The Morgan fingerprint density at radius 1 is 0.941 bits per heavy atom. The van der Waals surface area contributed by atoms with Gasteiger partial charge >= 0.3 is 5.97 Å². The van der Waals surface area contributed by atoms with E-state index in [0.29, 0.717) is 29.0 Å². The Labute approximate surface area is 296 Å². The number of methoxy groups -OCH3 is 1. The molecule has 2 saturated heterocycles. The lowest BCUT2D eigenvalue weighted by atomic mass is 9.77. The molecule has 3 aromatic rings. The summed E-state index contributed by atoms with van der Waals surface area (Å²) in [6, 6.07) is 22.5. The molecule has 7 rings (SSSR count). The number of amides is 3. The first-order valence-corrected chi connectivity index (χ1v) is 17.3. The van der Waals surface area contributed by atoms with Gasteiger partial charge in [-0.1, -0.05) is 85.0 Å². The molecule has 2 N–H and O–H groups in total. The number of likely N-dealkylation sites (tertiary alicyclic amines) is 1. The fourth-order valence-corrected chi connectivity index (χ4v) is 8.00. The van der Waals surface area contributed by atoms with Crippen molar-refractivity contribution in [3.05, 3.63) is 120 Å². The largest absolute Gasteiger partial charge is 0.497 e. The standard InChI is InChI=1S/C40H41N3O8/c1-25-35(27-14-7-4-8-15-27)50-39(48)33-31(16-9-10-17-32(45)41-25)51-40-22-11-23-42(28-18-20-29(49-2)21-19-28)38(47)36(40)43(37(46)34(33)40)30(24-44)26-12-5-3-6-13-26/h3-9,11-16,18-22,25,30-31,33-36,44H,10,17,23-24H2,1-2H3,(H,41,45)/b16-9-/t25-,30-,31-,33+,34+,35+,36-,40+/m1/s1. The third-order valence-corrected chi connectivity index (χ3v) is 10.4. The summed E-state index contributed by atoms with van der Waals surface area (Å²) in [7, 11) is 1.56. The molecule has 3 amide bonds. The van der Waals surface area contributed by atoms with Gasteiger partial charge in [0.1, 0.15) is 29.4 Å². The van der Waals surface area contributed by atoms with Crippen molar-refractivity contribution >= 4 is 29.4 Å². The van der Waals surface area contributed by atoms with E-state index in [2.05, 4.69) is 5.32 Å². The fourth-order valence-electron chi connectivity index (χ4n) is 8.00. The van der Waals surface area contributed by atoms with Crippen LogP contribution in [0.5, 0.6) is 5.75 Å². The van der Waals surface area contributed by atoms with Crippen LogP contribution in [0.2, 0.25) is 0 Å². The van der Waals surface area contributed by atoms with E-state index in [4.69, 9.17) is 14.2 Å². The van der Waals surface area contributed by atoms with Gasteiger partial charge in [0, 0.05) is 18.7 Å². The van der Waals surface area contributed by atoms with Crippen LogP contribution in [-0.2, 0) is 28.7 Å². The van der Waals surface area contributed by atoms with Gasteiger partial charge in [-0.3, -0.25) is 19.2 Å². The van der Waals surface area contributed by atoms with Crippen molar-refractivity contribution in [2.24, 2.45) is 11.8 Å². The van der Waals surface area contributed by atoms with Gasteiger partial charge in [-0.2, -0.15) is 0 Å². The van der Waals surface area contributed by atoms with E-state index in [-0.39, 0.29) is 18.9 Å². The molecule has 51 heavy (non-hydrogen) atoms. The van der Waals surface area contributed by atoms with Crippen LogP contribution in [0.25, 0.3) is 0 Å². The van der Waals surface area contributed by atoms with E-state index in [1.807, 2.05) is 36.4 Å². The van der Waals surface area contributed by atoms with E-state index in [9.17, 15) is 19.5 Å². The third-order valence-electron chi connectivity index (χ3n) is 10.4. The smallest absolute Gasteiger partial charge is 0.313 e. The lowest BCUT2D eigenvalue weighted by molar-refractivity contribution is -0.161. The topological polar surface area (TPSA) is 135 Å². The zero-order valence-corrected chi connectivity index (χ0v) is 28.5. The third kappa shape index (κ3) is 6.10. The van der Waals surface area contributed by atoms with Crippen molar-refractivity contribution < 1.29 is 38.5 Å². The molecule has 4 aliphatic rings. The number of esters is 1. The average Bonchev–Trinajstić information content (AvgIpc) is 3.54. The minimum absolute atomic E-state index is 0.174. The zero-order valence-electron chi connectivity index (χ0n) is 28.5. The maximum atomic E-state index is 15.1. The molecule has 0 radical (unpaired) electrons. The summed E-state index contributed by atoms with van der Waals surface area (Å²) in [4.78, 5) is 60.5. The number of nitrogens with one attached hydrogen (secondary N) is 1. The Hall–Kier alpha value is -5.26. The molecule has 0 bridgehead atoms. The summed E-state index contributed by atoms with van der Waals surface area (Å²) in [5.74, 6) is -3.49. The number of benzene rings is 3. The van der Waals surface area contributed by atoms with Gasteiger partial charge in [0.25, 0.3) is 5.91 Å². The van der Waals surface area contributed by atoms with Crippen LogP contribution in [0.1, 0.15) is 43.0 Å². The highest BCUT2D eigenvalue weighted by Crippen LogP contribution is 2.55. The molecular formula is C40H41N3O8. The highest BCUT2D eigenvalue weighted by atomic mass is 16.6. The van der Waals surface area contributed by atoms with Gasteiger partial charge in [-0.05, 0) is 48.7 Å². The van der Waals surface area contributed by atoms with Crippen LogP contribution < -0.4 is 15.0 Å². The Morgan fingerprint density at radius 2 is 1.65 bits per heavy atom. The maximum absolute atomic E-state index is 15.1. The molecular weight excluding hydrogens is 650 g/mol. The minimum Gasteiger partial charge on any atom is -0.497 e. The summed E-state index contributed by atoms with van der Waals surface area (Å²) < 4.78 is 18.5. The van der Waals surface area contributed by atoms with E-state index < -0.39 is 72.2 Å². The van der Waals surface area contributed by atoms with Crippen molar-refractivity contribution in [3.8, 4) is 5.75 Å². The number of aliphatic hydroxyl groups is 1. The number of hydrogen-bond donors (Lipinski definition) is 2. The molecule has 8 atom stereocenters. The zero-order chi connectivity index (χ0) is 35.7. The Balaban J connectivity index is 1.36. The summed E-state index contributed by atoms with van der Waals surface area (Å²) in [6.45, 7) is 1.48. The van der Waals surface area contributed by atoms with Crippen LogP contribution in [0.3, 0.4) is 0 Å². The molecule has 11 nitrogen and oxygen atoms in total. The van der Waals surface area contributed by atoms with Gasteiger partial charge in [0.15, 0.2) is 0 Å². The lowest BCUT2D eigenvalue weighted by Crippen LogP contribution is -2.56. The van der Waals surface area contributed by atoms with Gasteiger partial charge in [0.2, 0.25) is 11.8 Å². The van der Waals surface area contributed by atoms with Crippen molar-refractivity contribution in [1.29, 1.82) is 0 Å². The van der Waals surface area contributed by atoms with Crippen molar-refractivity contribution in [3.63, 3.8) is 0 Å². The van der Waals surface area contributed by atoms with E-state index in [1.165, 1.54) is 4.90 Å². The summed E-state index contributed by atoms with van der Waals surface area (Å²) in [6.07, 6.45) is 5.78. The first-order valence-electron chi connectivity index (χ1n) is 17.3. The highest BCUT2D eigenvalue weighted by molar-refractivity contribution is 6.05. The van der Waals surface area contributed by atoms with Gasteiger partial charge in [0.05, 0.1) is 37.8 Å². The second-order valence-corrected chi connectivity index (χ2v) is 13.3. The Bertz CT molecular complexity index is 1830. The number of carbonyl (C=O) groups excluding carboxylic acids is 4. The molecule has 264 valence electrons. The van der Waals surface area contributed by atoms with E-state index >= 15 is 4.79 Å². The normalized spacial score (nSPS) is 30.5. The summed E-state index contributed by atoms with van der Waals surface area (Å²) in [5.41, 5.74) is 0.308. The summed E-state index contributed by atoms with van der Waals surface area (Å²) >= 11 is 0. The number of hydrogen-bond acceptors (Lipinski definition) is 8. The molecule has 4 heterocycles. The minimum atomic E-state index is -1.58. The van der Waals surface area contributed by atoms with Crippen LogP contribution in [0.15, 0.2) is 109 Å². The fraction of sp³-hybridized carbons (Fsp3) is 0.350. The second kappa shape index (κ2) is 14.2. The number of aliphatic hydroxyl groups excluding tert-OH is 1. The molecule has 0 aliphatic carbocycles. The van der Waals surface area contributed by atoms with Crippen molar-refractivity contribution in [1.82, 2.24) is 10.2 Å². The first kappa shape index (κ1) is 34.2. The number of fused-ring (bicyclic) bond motifs is 2. The monoisotopic (exact) mass is 691 g/mol. The number of anilines is 1. The van der Waals surface area contributed by atoms with Crippen LogP contribution in [0.4, 0.5) is 5.69 Å². The maximum Gasteiger partial charge on any atom is 0.313 e. The molecule has 0 saturated carbocycles. The van der Waals surface area contributed by atoms with Crippen LogP contribution in [0, 0.1) is 11.8 Å². The molecule has 0 unspecified atom stereocenters. The summed E-state index contributed by atoms with van der Waals surface area (Å²) in [5, 5.41) is 13.8. The lowest BCUT2D eigenvalue weighted by Gasteiger charge is -2.38. The predicted molar refractivity (Wildman–Crippen MR) is 187 cm³/mol. The second-order valence-electron chi connectivity index (χ2n) is 13.3. The number of cyclic esters (lactones) is 1. The number of allylic oxidation sites excluding steroid dienone is 1. The molecule has 3 aromatic carbocycles. The molecule has 11 heteroatoms. The van der Waals surface area contributed by atoms with Crippen LogP contribution in [-0.4, -0.2) is 77.7 Å². The predicted octanol–water partition coefficient (Wildman–Crippen LogP) is 4.05. The molecule has 0 aromatic heterocycles. The van der Waals surface area contributed by atoms with E-state index in [0.717, 1.165) is 0 Å². The number of ether oxygens (including phenoxy) is 3. The Morgan fingerprint density at radius 3 is 2.33 bits per heavy atom. The van der Waals surface area contributed by atoms with Crippen LogP contribution >= 0.6 is 0 Å².